The maximum Gasteiger partial charge on any atom is 0.166 e. The van der Waals surface area contributed by atoms with Gasteiger partial charge in [-0.15, -0.1) is 0 Å². The van der Waals surface area contributed by atoms with Crippen molar-refractivity contribution in [2.75, 3.05) is 19.8 Å². The summed E-state index contributed by atoms with van der Waals surface area (Å²) in [4.78, 5) is 0. The second kappa shape index (κ2) is 7.03. The van der Waals surface area contributed by atoms with Gasteiger partial charge in [0.15, 0.2) is 5.72 Å². The minimum atomic E-state index is -1.29. The fraction of sp³-hybridized carbons (Fsp3) is 0.368. The molecule has 3 nitrogen and oxygen atoms in total. The lowest BCUT2D eigenvalue weighted by Crippen LogP contribution is -2.46. The minimum absolute atomic E-state index is 0.160. The van der Waals surface area contributed by atoms with Gasteiger partial charge in [-0.2, -0.15) is 0 Å². The van der Waals surface area contributed by atoms with E-state index in [1.807, 2.05) is 44.2 Å². The average molecular weight is 366 g/mol. The van der Waals surface area contributed by atoms with Gasteiger partial charge >= 0.3 is 0 Å². The number of ether oxygens (including phenoxy) is 1. The number of hydrogen-bond acceptors (Lipinski definition) is 3. The van der Waals surface area contributed by atoms with E-state index < -0.39 is 5.72 Å². The summed E-state index contributed by atoms with van der Waals surface area (Å²) in [6.07, 6.45) is 0.760. The maximum atomic E-state index is 11.3. The fourth-order valence-corrected chi connectivity index (χ4v) is 3.81. The molecule has 2 aromatic carbocycles. The quantitative estimate of drug-likeness (QED) is 0.637. The number of nitrogens with one attached hydrogen (secondary N) is 1. The lowest BCUT2D eigenvalue weighted by Gasteiger charge is -2.31. The predicted molar refractivity (Wildman–Crippen MR) is 98.8 cm³/mol. The molecule has 128 valence electrons. The van der Waals surface area contributed by atoms with Crippen molar-refractivity contribution < 1.29 is 9.84 Å². The van der Waals surface area contributed by atoms with E-state index >= 15 is 0 Å². The highest BCUT2D eigenvalue weighted by atomic mass is 35.5. The third-order valence-corrected chi connectivity index (χ3v) is 4.79. The number of rotatable bonds is 6. The Labute approximate surface area is 152 Å². The van der Waals surface area contributed by atoms with E-state index in [1.165, 1.54) is 0 Å². The van der Waals surface area contributed by atoms with Gasteiger partial charge in [-0.25, -0.2) is 0 Å². The number of fused-ring (bicyclic) bond motifs is 3. The molecule has 1 aliphatic carbocycles. The number of benzene rings is 2. The van der Waals surface area contributed by atoms with Crippen molar-refractivity contribution in [1.82, 2.24) is 5.32 Å². The molecule has 0 fully saturated rings. The molecule has 0 heterocycles. The van der Waals surface area contributed by atoms with Crippen molar-refractivity contribution in [3.05, 3.63) is 57.1 Å². The summed E-state index contributed by atoms with van der Waals surface area (Å²) >= 11 is 12.5. The van der Waals surface area contributed by atoms with E-state index in [1.54, 1.807) is 0 Å². The summed E-state index contributed by atoms with van der Waals surface area (Å²) in [6, 6.07) is 9.65. The lowest BCUT2D eigenvalue weighted by atomic mass is 9.92. The van der Waals surface area contributed by atoms with Crippen LogP contribution in [-0.2, 0) is 16.9 Å². The molecule has 2 aromatic rings. The Bertz CT molecular complexity index is 763. The number of hydrogen-bond donors (Lipinski definition) is 2. The molecule has 24 heavy (non-hydrogen) atoms. The number of likely N-dealkylation sites (N-methyl/N-ethyl adjacent to an activating group) is 1. The predicted octanol–water partition coefficient (Wildman–Crippen LogP) is 4.36. The van der Waals surface area contributed by atoms with Crippen LogP contribution in [0.5, 0.6) is 0 Å². The molecule has 1 atom stereocenters. The van der Waals surface area contributed by atoms with Gasteiger partial charge in [-0.1, -0.05) is 36.2 Å². The van der Waals surface area contributed by atoms with Gasteiger partial charge in [0, 0.05) is 22.2 Å². The Kier molecular flexibility index (Phi) is 5.19. The van der Waals surface area contributed by atoms with E-state index in [0.717, 1.165) is 34.2 Å². The first-order valence-electron chi connectivity index (χ1n) is 8.15. The molecule has 0 spiro atoms. The Morgan fingerprint density at radius 1 is 1.12 bits per heavy atom. The first kappa shape index (κ1) is 17.7. The van der Waals surface area contributed by atoms with Gasteiger partial charge < -0.3 is 9.84 Å². The van der Waals surface area contributed by atoms with Crippen LogP contribution in [-0.4, -0.2) is 24.9 Å². The second-order valence-electron chi connectivity index (χ2n) is 5.99. The van der Waals surface area contributed by atoms with Crippen LogP contribution < -0.4 is 5.32 Å². The average Bonchev–Trinajstić information content (AvgIpc) is 2.89. The summed E-state index contributed by atoms with van der Waals surface area (Å²) in [7, 11) is 0. The highest BCUT2D eigenvalue weighted by molar-refractivity contribution is 6.31. The molecule has 1 aliphatic rings. The van der Waals surface area contributed by atoms with Crippen LogP contribution in [0.4, 0.5) is 0 Å². The van der Waals surface area contributed by atoms with Gasteiger partial charge in [0.05, 0.1) is 6.61 Å². The fourth-order valence-electron chi connectivity index (χ4n) is 3.37. The van der Waals surface area contributed by atoms with Crippen molar-refractivity contribution in [2.24, 2.45) is 0 Å². The van der Waals surface area contributed by atoms with E-state index in [4.69, 9.17) is 27.9 Å². The first-order valence-corrected chi connectivity index (χ1v) is 8.91. The van der Waals surface area contributed by atoms with Crippen molar-refractivity contribution in [3.63, 3.8) is 0 Å². The monoisotopic (exact) mass is 365 g/mol. The van der Waals surface area contributed by atoms with Crippen LogP contribution in [0.3, 0.4) is 0 Å². The highest BCUT2D eigenvalue weighted by Crippen LogP contribution is 2.44. The highest BCUT2D eigenvalue weighted by Gasteiger charge is 2.35. The van der Waals surface area contributed by atoms with E-state index in [2.05, 4.69) is 5.32 Å². The molecule has 2 N–H and O–H groups in total. The molecule has 0 aromatic heterocycles. The maximum absolute atomic E-state index is 11.3. The molecule has 0 amide bonds. The minimum Gasteiger partial charge on any atom is -0.377 e. The molecular weight excluding hydrogens is 345 g/mol. The van der Waals surface area contributed by atoms with Crippen LogP contribution in [0.2, 0.25) is 10.0 Å². The Morgan fingerprint density at radius 2 is 1.88 bits per heavy atom. The Hall–Kier alpha value is -1.10. The Balaban J connectivity index is 2.17. The molecule has 0 saturated carbocycles. The van der Waals surface area contributed by atoms with Gasteiger partial charge in [-0.3, -0.25) is 5.32 Å². The Morgan fingerprint density at radius 3 is 2.58 bits per heavy atom. The van der Waals surface area contributed by atoms with Gasteiger partial charge in [-0.05, 0) is 66.4 Å². The molecule has 5 heteroatoms. The summed E-state index contributed by atoms with van der Waals surface area (Å²) in [5.74, 6) is 0. The number of aliphatic hydroxyl groups is 1. The van der Waals surface area contributed by atoms with Crippen molar-refractivity contribution in [1.29, 1.82) is 0 Å². The zero-order chi connectivity index (χ0) is 17.3. The third kappa shape index (κ3) is 3.19. The van der Waals surface area contributed by atoms with E-state index in [-0.39, 0.29) is 6.61 Å². The zero-order valence-electron chi connectivity index (χ0n) is 13.8. The third-order valence-electron chi connectivity index (χ3n) is 4.33. The van der Waals surface area contributed by atoms with Crippen molar-refractivity contribution >= 4 is 23.2 Å². The SMILES string of the molecule is CCNC(O)(COCC)c1cc(Cl)cc2c1-c1ccc(Cl)cc1C2. The molecule has 0 saturated heterocycles. The molecule has 0 radical (unpaired) electrons. The summed E-state index contributed by atoms with van der Waals surface area (Å²) in [6.45, 7) is 5.16. The van der Waals surface area contributed by atoms with Crippen LogP contribution >= 0.6 is 23.2 Å². The van der Waals surface area contributed by atoms with E-state index in [9.17, 15) is 5.11 Å². The first-order chi connectivity index (χ1) is 11.5. The zero-order valence-corrected chi connectivity index (χ0v) is 15.3. The molecule has 1 unspecified atom stereocenters. The van der Waals surface area contributed by atoms with Crippen LogP contribution in [0.25, 0.3) is 11.1 Å². The molecule has 0 aliphatic heterocycles. The largest absolute Gasteiger partial charge is 0.377 e. The topological polar surface area (TPSA) is 41.5 Å². The molecular formula is C19H21Cl2NO2. The molecule has 0 bridgehead atoms. The van der Waals surface area contributed by atoms with E-state index in [0.29, 0.717) is 23.2 Å². The van der Waals surface area contributed by atoms with Crippen LogP contribution in [0, 0.1) is 0 Å². The molecule has 3 rings (SSSR count). The summed E-state index contributed by atoms with van der Waals surface area (Å²) in [5.41, 5.74) is 3.82. The van der Waals surface area contributed by atoms with Gasteiger partial charge in [0.2, 0.25) is 0 Å². The smallest absolute Gasteiger partial charge is 0.166 e. The van der Waals surface area contributed by atoms with Crippen LogP contribution in [0.15, 0.2) is 30.3 Å². The van der Waals surface area contributed by atoms with Crippen molar-refractivity contribution in [2.45, 2.75) is 26.0 Å². The standard InChI is InChI=1S/C19H21Cl2NO2/c1-3-22-19(23,11-24-4-2)17-10-15(21)9-13-7-12-8-14(20)5-6-16(12)18(13)17/h5-6,8-10,22-23H,3-4,7,11H2,1-2H3. The second-order valence-corrected chi connectivity index (χ2v) is 6.87. The van der Waals surface area contributed by atoms with Gasteiger partial charge in [0.1, 0.15) is 0 Å². The van der Waals surface area contributed by atoms with Gasteiger partial charge in [0.25, 0.3) is 0 Å². The summed E-state index contributed by atoms with van der Waals surface area (Å²) < 4.78 is 5.54. The van der Waals surface area contributed by atoms with Crippen molar-refractivity contribution in [3.8, 4) is 11.1 Å². The normalized spacial score (nSPS) is 15.0. The number of halogens is 2. The lowest BCUT2D eigenvalue weighted by molar-refractivity contribution is -0.0712. The van der Waals surface area contributed by atoms with Crippen LogP contribution in [0.1, 0.15) is 30.5 Å². The summed E-state index contributed by atoms with van der Waals surface area (Å²) in [5, 5.41) is 15.7.